The monoisotopic (exact) mass is 364 g/mol. The van der Waals surface area contributed by atoms with Crippen molar-refractivity contribution in [2.75, 3.05) is 6.54 Å². The summed E-state index contributed by atoms with van der Waals surface area (Å²) < 4.78 is 5.88. The molecule has 2 aromatic heterocycles. The second-order valence-electron chi connectivity index (χ2n) is 6.69. The third-order valence-electron chi connectivity index (χ3n) is 4.63. The third-order valence-corrected chi connectivity index (χ3v) is 4.63. The van der Waals surface area contributed by atoms with Crippen molar-refractivity contribution in [2.45, 2.75) is 32.7 Å². The molecule has 1 aliphatic heterocycles. The summed E-state index contributed by atoms with van der Waals surface area (Å²) in [5.41, 5.74) is 2.29. The lowest BCUT2D eigenvalue weighted by molar-refractivity contribution is 0.0721. The summed E-state index contributed by atoms with van der Waals surface area (Å²) in [4.78, 5) is 36.8. The highest BCUT2D eigenvalue weighted by Gasteiger charge is 2.27. The molecule has 0 saturated heterocycles. The smallest absolute Gasteiger partial charge is 0.345 e. The number of aromatic amines is 1. The molecule has 1 amide bonds. The molecule has 1 aromatic carbocycles. The van der Waals surface area contributed by atoms with Gasteiger partial charge < -0.3 is 14.3 Å². The third kappa shape index (κ3) is 3.81. The van der Waals surface area contributed by atoms with E-state index in [0.29, 0.717) is 31.1 Å². The number of rotatable bonds is 4. The standard InChI is InChI=1S/C20H20N4O3/c1-13-11-15(23-20(26)21-13)19(25)24-10-9-17-16(12-24)22-18(27-17)8-7-14-5-3-2-4-6-14/h2-6,11H,7-10,12H2,1H3,(H,21,23,26). The van der Waals surface area contributed by atoms with Crippen LogP contribution >= 0.6 is 0 Å². The van der Waals surface area contributed by atoms with Crippen LogP contribution in [0.2, 0.25) is 0 Å². The molecular weight excluding hydrogens is 344 g/mol. The van der Waals surface area contributed by atoms with Crippen LogP contribution in [0.3, 0.4) is 0 Å². The molecule has 0 atom stereocenters. The first-order chi connectivity index (χ1) is 13.1. The fourth-order valence-electron chi connectivity index (χ4n) is 3.28. The summed E-state index contributed by atoms with van der Waals surface area (Å²) >= 11 is 0. The van der Waals surface area contributed by atoms with Gasteiger partial charge in [0.1, 0.15) is 17.1 Å². The van der Waals surface area contributed by atoms with Gasteiger partial charge >= 0.3 is 5.69 Å². The molecule has 3 aromatic rings. The largest absolute Gasteiger partial charge is 0.445 e. The summed E-state index contributed by atoms with van der Waals surface area (Å²) in [7, 11) is 0. The molecule has 0 saturated carbocycles. The number of benzene rings is 1. The van der Waals surface area contributed by atoms with Crippen LogP contribution in [0.5, 0.6) is 0 Å². The van der Waals surface area contributed by atoms with Gasteiger partial charge in [0.15, 0.2) is 5.89 Å². The van der Waals surface area contributed by atoms with Crippen molar-refractivity contribution >= 4 is 5.91 Å². The van der Waals surface area contributed by atoms with Crippen molar-refractivity contribution in [1.29, 1.82) is 0 Å². The average molecular weight is 364 g/mol. The van der Waals surface area contributed by atoms with E-state index < -0.39 is 5.69 Å². The van der Waals surface area contributed by atoms with Crippen molar-refractivity contribution < 1.29 is 9.21 Å². The van der Waals surface area contributed by atoms with E-state index in [0.717, 1.165) is 24.3 Å². The maximum atomic E-state index is 12.7. The zero-order valence-corrected chi connectivity index (χ0v) is 15.1. The number of H-pyrrole nitrogens is 1. The molecule has 0 aliphatic carbocycles. The fourth-order valence-corrected chi connectivity index (χ4v) is 3.28. The summed E-state index contributed by atoms with van der Waals surface area (Å²) in [6.07, 6.45) is 2.19. The molecule has 0 radical (unpaired) electrons. The molecular formula is C20H20N4O3. The highest BCUT2D eigenvalue weighted by Crippen LogP contribution is 2.22. The second kappa shape index (κ2) is 7.19. The van der Waals surface area contributed by atoms with Gasteiger partial charge in [0.2, 0.25) is 0 Å². The lowest BCUT2D eigenvalue weighted by Crippen LogP contribution is -2.37. The number of hydrogen-bond donors (Lipinski definition) is 1. The Bertz CT molecular complexity index is 1020. The molecule has 1 N–H and O–H groups in total. The highest BCUT2D eigenvalue weighted by molar-refractivity contribution is 5.92. The van der Waals surface area contributed by atoms with Gasteiger partial charge in [-0.1, -0.05) is 30.3 Å². The maximum Gasteiger partial charge on any atom is 0.345 e. The van der Waals surface area contributed by atoms with Crippen molar-refractivity contribution in [2.24, 2.45) is 0 Å². The van der Waals surface area contributed by atoms with Crippen LogP contribution in [0.15, 0.2) is 45.6 Å². The summed E-state index contributed by atoms with van der Waals surface area (Å²) in [5, 5.41) is 0. The number of hydrogen-bond acceptors (Lipinski definition) is 5. The SMILES string of the molecule is Cc1cc(C(=O)N2CCc3oc(CCc4ccccc4)nc3C2)nc(=O)[nH]1. The summed E-state index contributed by atoms with van der Waals surface area (Å²) in [5.74, 6) is 1.28. The molecule has 0 unspecified atom stereocenters. The maximum absolute atomic E-state index is 12.7. The minimum atomic E-state index is -0.513. The lowest BCUT2D eigenvalue weighted by Gasteiger charge is -2.24. The molecule has 3 heterocycles. The van der Waals surface area contributed by atoms with E-state index in [4.69, 9.17) is 4.42 Å². The number of carbonyl (C=O) groups is 1. The Hall–Kier alpha value is -3.22. The first-order valence-electron chi connectivity index (χ1n) is 8.97. The molecule has 0 fully saturated rings. The normalized spacial score (nSPS) is 13.4. The zero-order chi connectivity index (χ0) is 18.8. The van der Waals surface area contributed by atoms with E-state index >= 15 is 0 Å². The Morgan fingerprint density at radius 3 is 2.81 bits per heavy atom. The number of fused-ring (bicyclic) bond motifs is 1. The first-order valence-corrected chi connectivity index (χ1v) is 8.97. The van der Waals surface area contributed by atoms with Crippen LogP contribution in [-0.4, -0.2) is 32.3 Å². The topological polar surface area (TPSA) is 92.1 Å². The van der Waals surface area contributed by atoms with Gasteiger partial charge in [-0.15, -0.1) is 0 Å². The Kier molecular flexibility index (Phi) is 4.58. The van der Waals surface area contributed by atoms with E-state index in [-0.39, 0.29) is 11.6 Å². The van der Waals surface area contributed by atoms with Gasteiger partial charge in [-0.25, -0.2) is 9.78 Å². The van der Waals surface area contributed by atoms with Gasteiger partial charge in [0.05, 0.1) is 6.54 Å². The number of aryl methyl sites for hydroxylation is 3. The van der Waals surface area contributed by atoms with E-state index in [1.54, 1.807) is 17.9 Å². The number of aromatic nitrogens is 3. The van der Waals surface area contributed by atoms with Crippen LogP contribution in [0.4, 0.5) is 0 Å². The van der Waals surface area contributed by atoms with E-state index in [9.17, 15) is 9.59 Å². The van der Waals surface area contributed by atoms with Crippen molar-refractivity contribution in [3.8, 4) is 0 Å². The lowest BCUT2D eigenvalue weighted by atomic mass is 10.1. The van der Waals surface area contributed by atoms with Crippen LogP contribution < -0.4 is 5.69 Å². The Morgan fingerprint density at radius 1 is 1.22 bits per heavy atom. The van der Waals surface area contributed by atoms with Crippen LogP contribution in [0.1, 0.15) is 39.1 Å². The molecule has 0 spiro atoms. The second-order valence-corrected chi connectivity index (χ2v) is 6.69. The Balaban J connectivity index is 1.46. The highest BCUT2D eigenvalue weighted by atomic mass is 16.4. The quantitative estimate of drug-likeness (QED) is 0.765. The molecule has 1 aliphatic rings. The van der Waals surface area contributed by atoms with E-state index in [1.807, 2.05) is 18.2 Å². The van der Waals surface area contributed by atoms with Gasteiger partial charge in [0.25, 0.3) is 5.91 Å². The van der Waals surface area contributed by atoms with Crippen LogP contribution in [0.25, 0.3) is 0 Å². The molecule has 0 bridgehead atoms. The fraction of sp³-hybridized carbons (Fsp3) is 0.300. The number of nitrogens with one attached hydrogen (secondary N) is 1. The average Bonchev–Trinajstić information content (AvgIpc) is 3.08. The number of amides is 1. The predicted molar refractivity (Wildman–Crippen MR) is 98.4 cm³/mol. The van der Waals surface area contributed by atoms with Crippen molar-refractivity contribution in [1.82, 2.24) is 19.9 Å². The zero-order valence-electron chi connectivity index (χ0n) is 15.1. The molecule has 4 rings (SSSR count). The van der Waals surface area contributed by atoms with Gasteiger partial charge in [-0.3, -0.25) is 4.79 Å². The molecule has 7 heteroatoms. The van der Waals surface area contributed by atoms with Crippen molar-refractivity contribution in [3.05, 3.63) is 81.2 Å². The van der Waals surface area contributed by atoms with Crippen molar-refractivity contribution in [3.63, 3.8) is 0 Å². The summed E-state index contributed by atoms with van der Waals surface area (Å²) in [6.45, 7) is 2.62. The minimum Gasteiger partial charge on any atom is -0.445 e. The Labute approximate surface area is 156 Å². The number of carbonyl (C=O) groups excluding carboxylic acids is 1. The van der Waals surface area contributed by atoms with Crippen LogP contribution in [0, 0.1) is 6.92 Å². The van der Waals surface area contributed by atoms with E-state index in [2.05, 4.69) is 27.1 Å². The molecule has 27 heavy (non-hydrogen) atoms. The first kappa shape index (κ1) is 17.2. The summed E-state index contributed by atoms with van der Waals surface area (Å²) in [6, 6.07) is 11.8. The molecule has 7 nitrogen and oxygen atoms in total. The number of nitrogens with zero attached hydrogens (tertiary/aromatic N) is 3. The minimum absolute atomic E-state index is 0.160. The van der Waals surface area contributed by atoms with E-state index in [1.165, 1.54) is 5.56 Å². The Morgan fingerprint density at radius 2 is 2.04 bits per heavy atom. The molecule has 138 valence electrons. The van der Waals surface area contributed by atoms with Gasteiger partial charge in [-0.2, -0.15) is 4.98 Å². The predicted octanol–water partition coefficient (Wildman–Crippen LogP) is 2.05. The number of oxazole rings is 1. The van der Waals surface area contributed by atoms with Crippen LogP contribution in [-0.2, 0) is 25.8 Å². The van der Waals surface area contributed by atoms with Gasteiger partial charge in [0, 0.05) is 25.1 Å². The van der Waals surface area contributed by atoms with Gasteiger partial charge in [-0.05, 0) is 25.0 Å².